The highest BCUT2D eigenvalue weighted by Gasteiger charge is 2.04. The van der Waals surface area contributed by atoms with Crippen molar-refractivity contribution in [3.05, 3.63) is 24.6 Å². The summed E-state index contributed by atoms with van der Waals surface area (Å²) in [6.45, 7) is 7.22. The van der Waals surface area contributed by atoms with Crippen LogP contribution in [0.15, 0.2) is 24.6 Å². The van der Waals surface area contributed by atoms with Crippen LogP contribution in [0.1, 0.15) is 13.8 Å². The van der Waals surface area contributed by atoms with E-state index in [-0.39, 0.29) is 5.83 Å². The summed E-state index contributed by atoms with van der Waals surface area (Å²) in [5, 5.41) is 3.09. The second kappa shape index (κ2) is 5.08. The Morgan fingerprint density at radius 1 is 1.55 bits per heavy atom. The molecule has 0 saturated heterocycles. The molecule has 0 aromatic rings. The maximum atomic E-state index is 12.1. The van der Waals surface area contributed by atoms with Crippen LogP contribution < -0.4 is 5.32 Å². The van der Waals surface area contributed by atoms with Crippen LogP contribution in [-0.2, 0) is 0 Å². The standard InChI is InChI=1S/C9H16FN/c1-7(9(3)11-4)5-6-8(2)10/h5-7,9,11H,2H2,1,3-4H3/b6-5-. The van der Waals surface area contributed by atoms with Crippen molar-refractivity contribution >= 4 is 0 Å². The first-order valence-corrected chi connectivity index (χ1v) is 3.77. The molecule has 64 valence electrons. The fourth-order valence-corrected chi connectivity index (χ4v) is 0.686. The van der Waals surface area contributed by atoms with Gasteiger partial charge in [0.05, 0.1) is 0 Å². The predicted octanol–water partition coefficient (Wildman–Crippen LogP) is 2.27. The Bertz CT molecular complexity index is 152. The normalized spacial score (nSPS) is 16.7. The Hall–Kier alpha value is -0.630. The molecule has 0 heterocycles. The summed E-state index contributed by atoms with van der Waals surface area (Å²) in [4.78, 5) is 0. The second-order valence-electron chi connectivity index (χ2n) is 2.74. The van der Waals surface area contributed by atoms with Crippen LogP contribution in [0, 0.1) is 5.92 Å². The maximum absolute atomic E-state index is 12.1. The van der Waals surface area contributed by atoms with E-state index in [9.17, 15) is 4.39 Å². The molecule has 1 nitrogen and oxygen atoms in total. The molecule has 2 unspecified atom stereocenters. The smallest absolute Gasteiger partial charge is 0.115 e. The van der Waals surface area contributed by atoms with Gasteiger partial charge in [0, 0.05) is 6.04 Å². The lowest BCUT2D eigenvalue weighted by Crippen LogP contribution is -2.27. The fourth-order valence-electron chi connectivity index (χ4n) is 0.686. The van der Waals surface area contributed by atoms with Crippen LogP contribution in [0.3, 0.4) is 0 Å². The molecule has 0 rings (SSSR count). The molecule has 0 aliphatic heterocycles. The SMILES string of the molecule is C=C(F)/C=C\C(C)C(C)NC. The topological polar surface area (TPSA) is 12.0 Å². The number of hydrogen-bond acceptors (Lipinski definition) is 1. The first-order valence-electron chi connectivity index (χ1n) is 3.77. The third-order valence-corrected chi connectivity index (χ3v) is 1.82. The largest absolute Gasteiger partial charge is 0.317 e. The van der Waals surface area contributed by atoms with Gasteiger partial charge in [0.2, 0.25) is 0 Å². The van der Waals surface area contributed by atoms with Crippen molar-refractivity contribution in [3.8, 4) is 0 Å². The molecule has 0 aromatic heterocycles. The van der Waals surface area contributed by atoms with E-state index < -0.39 is 0 Å². The molecule has 0 radical (unpaired) electrons. The highest BCUT2D eigenvalue weighted by molar-refractivity contribution is 5.07. The summed E-state index contributed by atoms with van der Waals surface area (Å²) in [6.07, 6.45) is 3.21. The van der Waals surface area contributed by atoms with E-state index in [0.29, 0.717) is 12.0 Å². The molecule has 0 aromatic carbocycles. The van der Waals surface area contributed by atoms with Gasteiger partial charge in [0.1, 0.15) is 5.83 Å². The lowest BCUT2D eigenvalue weighted by Gasteiger charge is -2.14. The summed E-state index contributed by atoms with van der Waals surface area (Å²) >= 11 is 0. The Balaban J connectivity index is 3.85. The van der Waals surface area contributed by atoms with Gasteiger partial charge in [-0.1, -0.05) is 19.6 Å². The highest BCUT2D eigenvalue weighted by atomic mass is 19.1. The number of allylic oxidation sites excluding steroid dienone is 2. The lowest BCUT2D eigenvalue weighted by molar-refractivity contribution is 0.497. The van der Waals surface area contributed by atoms with Crippen molar-refractivity contribution in [2.75, 3.05) is 7.05 Å². The van der Waals surface area contributed by atoms with E-state index >= 15 is 0 Å². The van der Waals surface area contributed by atoms with Gasteiger partial charge in [-0.2, -0.15) is 0 Å². The minimum atomic E-state index is -0.389. The van der Waals surface area contributed by atoms with E-state index in [1.54, 1.807) is 0 Å². The summed E-state index contributed by atoms with van der Waals surface area (Å²) in [7, 11) is 1.89. The van der Waals surface area contributed by atoms with Gasteiger partial charge >= 0.3 is 0 Å². The Labute approximate surface area is 68.0 Å². The number of halogens is 1. The molecule has 1 N–H and O–H groups in total. The molecule has 0 aliphatic carbocycles. The number of hydrogen-bond donors (Lipinski definition) is 1. The van der Waals surface area contributed by atoms with E-state index in [1.165, 1.54) is 6.08 Å². The molecule has 0 bridgehead atoms. The summed E-state index contributed by atoms with van der Waals surface area (Å²) in [6, 6.07) is 0.366. The van der Waals surface area contributed by atoms with Gasteiger partial charge in [-0.05, 0) is 26.0 Å². The van der Waals surface area contributed by atoms with Crippen molar-refractivity contribution in [3.63, 3.8) is 0 Å². The monoisotopic (exact) mass is 157 g/mol. The first kappa shape index (κ1) is 10.4. The molecule has 11 heavy (non-hydrogen) atoms. The molecular weight excluding hydrogens is 141 g/mol. The molecule has 2 atom stereocenters. The zero-order valence-electron chi connectivity index (χ0n) is 7.39. The van der Waals surface area contributed by atoms with Gasteiger partial charge in [-0.25, -0.2) is 4.39 Å². The average molecular weight is 157 g/mol. The quantitative estimate of drug-likeness (QED) is 0.617. The lowest BCUT2D eigenvalue weighted by atomic mass is 10.0. The Morgan fingerprint density at radius 2 is 2.09 bits per heavy atom. The predicted molar refractivity (Wildman–Crippen MR) is 47.1 cm³/mol. The second-order valence-corrected chi connectivity index (χ2v) is 2.74. The van der Waals surface area contributed by atoms with Gasteiger partial charge < -0.3 is 5.32 Å². The van der Waals surface area contributed by atoms with Gasteiger partial charge in [-0.3, -0.25) is 0 Å². The number of rotatable bonds is 4. The summed E-state index contributed by atoms with van der Waals surface area (Å²) < 4.78 is 12.1. The molecule has 0 saturated carbocycles. The third-order valence-electron chi connectivity index (χ3n) is 1.82. The van der Waals surface area contributed by atoms with Crippen molar-refractivity contribution in [2.45, 2.75) is 19.9 Å². The highest BCUT2D eigenvalue weighted by Crippen LogP contribution is 2.05. The van der Waals surface area contributed by atoms with E-state index in [4.69, 9.17) is 0 Å². The molecule has 0 spiro atoms. The van der Waals surface area contributed by atoms with Crippen molar-refractivity contribution < 1.29 is 4.39 Å². The van der Waals surface area contributed by atoms with E-state index in [2.05, 4.69) is 18.8 Å². The number of nitrogens with one attached hydrogen (secondary N) is 1. The molecule has 2 heteroatoms. The van der Waals surface area contributed by atoms with Gasteiger partial charge in [0.25, 0.3) is 0 Å². The van der Waals surface area contributed by atoms with Crippen molar-refractivity contribution in [1.82, 2.24) is 5.32 Å². The van der Waals surface area contributed by atoms with Gasteiger partial charge in [0.15, 0.2) is 0 Å². The van der Waals surface area contributed by atoms with Crippen LogP contribution in [0.5, 0.6) is 0 Å². The maximum Gasteiger partial charge on any atom is 0.115 e. The molecule has 0 fully saturated rings. The third kappa shape index (κ3) is 4.73. The van der Waals surface area contributed by atoms with E-state index in [1.807, 2.05) is 20.0 Å². The molecule has 0 amide bonds. The zero-order valence-corrected chi connectivity index (χ0v) is 7.39. The fraction of sp³-hybridized carbons (Fsp3) is 0.556. The van der Waals surface area contributed by atoms with E-state index in [0.717, 1.165) is 0 Å². The van der Waals surface area contributed by atoms with Crippen LogP contribution in [0.25, 0.3) is 0 Å². The van der Waals surface area contributed by atoms with Crippen LogP contribution in [0.4, 0.5) is 4.39 Å². The molecular formula is C9H16FN. The summed E-state index contributed by atoms with van der Waals surface area (Å²) in [5.74, 6) is -0.0624. The van der Waals surface area contributed by atoms with Crippen molar-refractivity contribution in [2.24, 2.45) is 5.92 Å². The van der Waals surface area contributed by atoms with Crippen LogP contribution in [-0.4, -0.2) is 13.1 Å². The van der Waals surface area contributed by atoms with Crippen LogP contribution in [0.2, 0.25) is 0 Å². The minimum absolute atomic E-state index is 0.326. The average Bonchev–Trinajstić information content (AvgIpc) is 1.98. The first-order chi connectivity index (χ1) is 5.07. The van der Waals surface area contributed by atoms with Gasteiger partial charge in [-0.15, -0.1) is 0 Å². The summed E-state index contributed by atoms with van der Waals surface area (Å²) in [5.41, 5.74) is 0. The van der Waals surface area contributed by atoms with Crippen LogP contribution >= 0.6 is 0 Å². The van der Waals surface area contributed by atoms with Crippen molar-refractivity contribution in [1.29, 1.82) is 0 Å². The Kier molecular flexibility index (Phi) is 4.79. The zero-order chi connectivity index (χ0) is 8.85. The molecule has 0 aliphatic rings. The Morgan fingerprint density at radius 3 is 2.45 bits per heavy atom. The minimum Gasteiger partial charge on any atom is -0.317 e.